The number of benzene rings is 1. The first-order chi connectivity index (χ1) is 6.77. The molecule has 0 fully saturated rings. The number of thioether (sulfide) groups is 1. The molecule has 1 rings (SSSR count). The third-order valence-electron chi connectivity index (χ3n) is 1.76. The van der Waals surface area contributed by atoms with Gasteiger partial charge in [-0.3, -0.25) is 0 Å². The number of hydrogen-bond acceptors (Lipinski definition) is 3. The maximum Gasteiger partial charge on any atom is 0.0692 e. The Hall–Kier alpha value is -0.220. The Balaban J connectivity index is 2.67. The smallest absolute Gasteiger partial charge is 0.0692 e. The van der Waals surface area contributed by atoms with Crippen LogP contribution in [-0.2, 0) is 6.61 Å². The van der Waals surface area contributed by atoms with Crippen LogP contribution in [0.2, 0.25) is 5.02 Å². The average Bonchev–Trinajstić information content (AvgIpc) is 2.19. The third-order valence-corrected chi connectivity index (χ3v) is 3.18. The van der Waals surface area contributed by atoms with Crippen molar-refractivity contribution in [2.75, 3.05) is 12.4 Å². The van der Waals surface area contributed by atoms with Crippen LogP contribution in [0, 0.1) is 0 Å². The second-order valence-corrected chi connectivity index (χ2v) is 4.41. The van der Waals surface area contributed by atoms with Crippen LogP contribution in [0.1, 0.15) is 12.0 Å². The molecule has 2 N–H and O–H groups in total. The summed E-state index contributed by atoms with van der Waals surface area (Å²) in [5, 5.41) is 18.4. The van der Waals surface area contributed by atoms with Crippen molar-refractivity contribution in [2.45, 2.75) is 17.9 Å². The Labute approximate surface area is 92.9 Å². The maximum atomic E-state index is 9.06. The molecule has 0 aliphatic carbocycles. The van der Waals surface area contributed by atoms with Gasteiger partial charge in [0.25, 0.3) is 0 Å². The molecule has 0 unspecified atom stereocenters. The highest BCUT2D eigenvalue weighted by molar-refractivity contribution is 7.99. The zero-order valence-electron chi connectivity index (χ0n) is 7.74. The maximum absolute atomic E-state index is 9.06. The standard InChI is InChI=1S/C10H13ClO2S/c11-9-3-2-8(7-13)10(6-9)14-5-1-4-12/h2-3,6,12-13H,1,4-5,7H2. The van der Waals surface area contributed by atoms with Crippen LogP contribution in [-0.4, -0.2) is 22.6 Å². The molecule has 1 aromatic rings. The van der Waals surface area contributed by atoms with E-state index in [4.69, 9.17) is 21.8 Å². The van der Waals surface area contributed by atoms with Crippen molar-refractivity contribution in [2.24, 2.45) is 0 Å². The average molecular weight is 233 g/mol. The topological polar surface area (TPSA) is 40.5 Å². The van der Waals surface area contributed by atoms with Gasteiger partial charge in [0.15, 0.2) is 0 Å². The Kier molecular flexibility index (Phi) is 5.33. The van der Waals surface area contributed by atoms with Gasteiger partial charge < -0.3 is 10.2 Å². The predicted octanol–water partition coefficient (Wildman–Crippen LogP) is 2.31. The number of hydrogen-bond donors (Lipinski definition) is 2. The Morgan fingerprint density at radius 2 is 2.07 bits per heavy atom. The van der Waals surface area contributed by atoms with Crippen molar-refractivity contribution in [1.82, 2.24) is 0 Å². The molecule has 0 spiro atoms. The normalized spacial score (nSPS) is 10.5. The van der Waals surface area contributed by atoms with Gasteiger partial charge in [0.1, 0.15) is 0 Å². The van der Waals surface area contributed by atoms with Gasteiger partial charge in [-0.1, -0.05) is 17.7 Å². The minimum atomic E-state index is 0.0264. The van der Waals surface area contributed by atoms with Crippen LogP contribution < -0.4 is 0 Å². The fourth-order valence-corrected chi connectivity index (χ4v) is 2.30. The first kappa shape index (κ1) is 11.9. The quantitative estimate of drug-likeness (QED) is 0.605. The molecule has 0 atom stereocenters. The first-order valence-corrected chi connectivity index (χ1v) is 5.77. The van der Waals surface area contributed by atoms with Crippen LogP contribution in [0.5, 0.6) is 0 Å². The van der Waals surface area contributed by atoms with E-state index in [1.807, 2.05) is 12.1 Å². The molecule has 0 aliphatic rings. The fraction of sp³-hybridized carbons (Fsp3) is 0.400. The summed E-state index contributed by atoms with van der Waals surface area (Å²) < 4.78 is 0. The Morgan fingerprint density at radius 3 is 2.71 bits per heavy atom. The molecule has 2 nitrogen and oxygen atoms in total. The van der Waals surface area contributed by atoms with E-state index in [-0.39, 0.29) is 13.2 Å². The fourth-order valence-electron chi connectivity index (χ4n) is 1.04. The summed E-state index contributed by atoms with van der Waals surface area (Å²) in [6, 6.07) is 5.43. The van der Waals surface area contributed by atoms with Gasteiger partial charge in [-0.15, -0.1) is 11.8 Å². The predicted molar refractivity (Wildman–Crippen MR) is 59.8 cm³/mol. The van der Waals surface area contributed by atoms with Gasteiger partial charge in [-0.25, -0.2) is 0 Å². The Bertz CT molecular complexity index is 291. The van der Waals surface area contributed by atoms with E-state index in [2.05, 4.69) is 0 Å². The lowest BCUT2D eigenvalue weighted by Gasteiger charge is -2.06. The van der Waals surface area contributed by atoms with E-state index in [1.54, 1.807) is 17.8 Å². The van der Waals surface area contributed by atoms with Gasteiger partial charge in [0, 0.05) is 22.3 Å². The molecule has 0 saturated carbocycles. The molecule has 14 heavy (non-hydrogen) atoms. The number of halogens is 1. The van der Waals surface area contributed by atoms with E-state index < -0.39 is 0 Å². The summed E-state index contributed by atoms with van der Waals surface area (Å²) in [7, 11) is 0. The number of rotatable bonds is 5. The summed E-state index contributed by atoms with van der Waals surface area (Å²) in [6.45, 7) is 0.223. The van der Waals surface area contributed by atoms with Crippen molar-refractivity contribution in [3.05, 3.63) is 28.8 Å². The van der Waals surface area contributed by atoms with Gasteiger partial charge in [0.2, 0.25) is 0 Å². The molecule has 0 aliphatic heterocycles. The van der Waals surface area contributed by atoms with E-state index in [0.717, 1.165) is 22.6 Å². The number of aliphatic hydroxyl groups excluding tert-OH is 2. The van der Waals surface area contributed by atoms with Crippen LogP contribution in [0.4, 0.5) is 0 Å². The van der Waals surface area contributed by atoms with Gasteiger partial charge >= 0.3 is 0 Å². The van der Waals surface area contributed by atoms with Gasteiger partial charge in [-0.05, 0) is 24.1 Å². The molecule has 4 heteroatoms. The van der Waals surface area contributed by atoms with Crippen LogP contribution >= 0.6 is 23.4 Å². The highest BCUT2D eigenvalue weighted by atomic mass is 35.5. The molecule has 78 valence electrons. The van der Waals surface area contributed by atoms with E-state index >= 15 is 0 Å². The summed E-state index contributed by atoms with van der Waals surface area (Å²) in [6.07, 6.45) is 0.752. The minimum Gasteiger partial charge on any atom is -0.396 e. The lowest BCUT2D eigenvalue weighted by atomic mass is 10.2. The minimum absolute atomic E-state index is 0.0264. The van der Waals surface area contributed by atoms with Crippen molar-refractivity contribution >= 4 is 23.4 Å². The molecular weight excluding hydrogens is 220 g/mol. The van der Waals surface area contributed by atoms with Gasteiger partial charge in [-0.2, -0.15) is 0 Å². The molecule has 0 heterocycles. The second kappa shape index (κ2) is 6.30. The molecule has 0 saturated heterocycles. The Morgan fingerprint density at radius 1 is 1.29 bits per heavy atom. The summed E-state index contributed by atoms with van der Waals surface area (Å²) in [4.78, 5) is 0.994. The van der Waals surface area contributed by atoms with Crippen LogP contribution in [0.25, 0.3) is 0 Å². The molecule has 0 amide bonds. The van der Waals surface area contributed by atoms with E-state index in [0.29, 0.717) is 5.02 Å². The largest absolute Gasteiger partial charge is 0.396 e. The molecular formula is C10H13ClO2S. The zero-order valence-corrected chi connectivity index (χ0v) is 9.31. The van der Waals surface area contributed by atoms with Crippen molar-refractivity contribution in [1.29, 1.82) is 0 Å². The molecule has 0 aromatic heterocycles. The molecule has 0 radical (unpaired) electrons. The SMILES string of the molecule is OCCCSc1cc(Cl)ccc1CO. The van der Waals surface area contributed by atoms with Crippen molar-refractivity contribution in [3.63, 3.8) is 0 Å². The zero-order chi connectivity index (χ0) is 10.4. The second-order valence-electron chi connectivity index (χ2n) is 2.84. The highest BCUT2D eigenvalue weighted by Gasteiger charge is 2.02. The van der Waals surface area contributed by atoms with Crippen molar-refractivity contribution < 1.29 is 10.2 Å². The third kappa shape index (κ3) is 3.50. The van der Waals surface area contributed by atoms with Crippen LogP contribution in [0.15, 0.2) is 23.1 Å². The van der Waals surface area contributed by atoms with Gasteiger partial charge in [0.05, 0.1) is 6.61 Å². The van der Waals surface area contributed by atoms with E-state index in [1.165, 1.54) is 0 Å². The summed E-state index contributed by atoms with van der Waals surface area (Å²) >= 11 is 7.45. The lowest BCUT2D eigenvalue weighted by molar-refractivity contribution is 0.279. The first-order valence-electron chi connectivity index (χ1n) is 4.41. The number of aliphatic hydroxyl groups is 2. The van der Waals surface area contributed by atoms with Crippen molar-refractivity contribution in [3.8, 4) is 0 Å². The summed E-state index contributed by atoms with van der Waals surface area (Å²) in [5.41, 5.74) is 0.886. The van der Waals surface area contributed by atoms with Crippen LogP contribution in [0.3, 0.4) is 0 Å². The lowest BCUT2D eigenvalue weighted by Crippen LogP contribution is -1.90. The summed E-state index contributed by atoms with van der Waals surface area (Å²) in [5.74, 6) is 0.837. The molecule has 1 aromatic carbocycles. The monoisotopic (exact) mass is 232 g/mol. The highest BCUT2D eigenvalue weighted by Crippen LogP contribution is 2.26. The molecule has 0 bridgehead atoms. The van der Waals surface area contributed by atoms with E-state index in [9.17, 15) is 0 Å².